The number of rotatable bonds is 4. The van der Waals surface area contributed by atoms with Crippen LogP contribution >= 0.6 is 24.0 Å². The minimum absolute atomic E-state index is 0. The van der Waals surface area contributed by atoms with Crippen LogP contribution in [0.15, 0.2) is 23.2 Å². The van der Waals surface area contributed by atoms with Crippen molar-refractivity contribution in [2.75, 3.05) is 19.8 Å². The number of benzene rings is 1. The molecule has 0 unspecified atom stereocenters. The van der Waals surface area contributed by atoms with Gasteiger partial charge in [-0.05, 0) is 37.5 Å². The van der Waals surface area contributed by atoms with Gasteiger partial charge >= 0.3 is 0 Å². The first-order valence-corrected chi connectivity index (χ1v) is 7.78. The Morgan fingerprint density at radius 2 is 2.00 bits per heavy atom. The number of nitrogens with one attached hydrogen (secondary N) is 2. The number of ether oxygens (including phenoxy) is 2. The number of hydrogen-bond donors (Lipinski definition) is 2. The molecule has 1 aromatic rings. The fourth-order valence-corrected chi connectivity index (χ4v) is 2.22. The second-order valence-electron chi connectivity index (χ2n) is 5.45. The zero-order valence-corrected chi connectivity index (χ0v) is 15.3. The van der Waals surface area contributed by atoms with Gasteiger partial charge in [0, 0.05) is 19.0 Å². The molecule has 0 bridgehead atoms. The molecule has 0 amide bonds. The van der Waals surface area contributed by atoms with Crippen LogP contribution in [0.25, 0.3) is 0 Å². The Hall–Kier alpha value is -1.18. The maximum Gasteiger partial charge on any atom is 0.191 e. The summed E-state index contributed by atoms with van der Waals surface area (Å²) in [5, 5.41) is 6.70. The van der Waals surface area contributed by atoms with Gasteiger partial charge in [0.2, 0.25) is 0 Å². The number of halogens is 1. The summed E-state index contributed by atoms with van der Waals surface area (Å²) in [6.07, 6.45) is 3.42. The van der Waals surface area contributed by atoms with E-state index in [1.54, 1.807) is 0 Å². The summed E-state index contributed by atoms with van der Waals surface area (Å²) in [7, 11) is 0. The van der Waals surface area contributed by atoms with E-state index in [1.807, 2.05) is 12.1 Å². The highest BCUT2D eigenvalue weighted by Gasteiger charge is 2.22. The molecule has 6 heteroatoms. The van der Waals surface area contributed by atoms with Crippen LogP contribution in [-0.4, -0.2) is 31.8 Å². The lowest BCUT2D eigenvalue weighted by Crippen LogP contribution is -2.38. The molecule has 5 nitrogen and oxygen atoms in total. The van der Waals surface area contributed by atoms with E-state index >= 15 is 0 Å². The van der Waals surface area contributed by atoms with Crippen LogP contribution in [0.5, 0.6) is 11.5 Å². The van der Waals surface area contributed by atoms with Crippen LogP contribution in [-0.2, 0) is 6.54 Å². The molecule has 3 rings (SSSR count). The van der Waals surface area contributed by atoms with Crippen molar-refractivity contribution in [1.82, 2.24) is 10.6 Å². The molecule has 0 aromatic heterocycles. The molecule has 2 N–H and O–H groups in total. The highest BCUT2D eigenvalue weighted by Crippen LogP contribution is 2.30. The average molecular weight is 417 g/mol. The zero-order chi connectivity index (χ0) is 14.5. The maximum atomic E-state index is 5.71. The minimum Gasteiger partial charge on any atom is -0.490 e. The van der Waals surface area contributed by atoms with Gasteiger partial charge in [0.05, 0.1) is 19.8 Å². The van der Waals surface area contributed by atoms with E-state index < -0.39 is 0 Å². The summed E-state index contributed by atoms with van der Waals surface area (Å²) in [6.45, 7) is 5.03. The third-order valence-corrected chi connectivity index (χ3v) is 3.49. The molecule has 1 saturated carbocycles. The van der Waals surface area contributed by atoms with Crippen molar-refractivity contribution in [2.45, 2.75) is 38.8 Å². The molecule has 0 saturated heterocycles. The van der Waals surface area contributed by atoms with E-state index in [-0.39, 0.29) is 24.0 Å². The highest BCUT2D eigenvalue weighted by molar-refractivity contribution is 14.0. The topological polar surface area (TPSA) is 54.9 Å². The molecule has 2 aliphatic rings. The smallest absolute Gasteiger partial charge is 0.191 e. The molecular formula is C16H24IN3O2. The molecule has 22 heavy (non-hydrogen) atoms. The van der Waals surface area contributed by atoms with E-state index in [0.717, 1.165) is 42.6 Å². The van der Waals surface area contributed by atoms with E-state index in [9.17, 15) is 0 Å². The van der Waals surface area contributed by atoms with Crippen molar-refractivity contribution in [3.63, 3.8) is 0 Å². The first-order chi connectivity index (χ1) is 10.3. The summed E-state index contributed by atoms with van der Waals surface area (Å²) in [5.41, 5.74) is 1.13. The van der Waals surface area contributed by atoms with Gasteiger partial charge in [0.15, 0.2) is 17.5 Å². The van der Waals surface area contributed by atoms with Gasteiger partial charge in [-0.1, -0.05) is 6.07 Å². The van der Waals surface area contributed by atoms with E-state index in [0.29, 0.717) is 19.2 Å². The van der Waals surface area contributed by atoms with E-state index in [1.165, 1.54) is 12.8 Å². The summed E-state index contributed by atoms with van der Waals surface area (Å²) < 4.78 is 11.4. The minimum atomic E-state index is 0. The van der Waals surface area contributed by atoms with Gasteiger partial charge in [0.1, 0.15) is 0 Å². The quantitative estimate of drug-likeness (QED) is 0.450. The molecule has 1 heterocycles. The summed E-state index contributed by atoms with van der Waals surface area (Å²) in [6, 6.07) is 6.67. The Morgan fingerprint density at radius 1 is 1.23 bits per heavy atom. The number of nitrogens with zero attached hydrogens (tertiary/aromatic N) is 1. The average Bonchev–Trinajstić information content (AvgIpc) is 3.31. The second kappa shape index (κ2) is 8.45. The highest BCUT2D eigenvalue weighted by atomic mass is 127. The van der Waals surface area contributed by atoms with Crippen LogP contribution < -0.4 is 20.1 Å². The van der Waals surface area contributed by atoms with Crippen molar-refractivity contribution in [1.29, 1.82) is 0 Å². The Labute approximate surface area is 148 Å². The van der Waals surface area contributed by atoms with E-state index in [2.05, 4.69) is 28.6 Å². The third kappa shape index (κ3) is 4.93. The summed E-state index contributed by atoms with van der Waals surface area (Å²) in [4.78, 5) is 4.63. The molecule has 0 atom stereocenters. The first kappa shape index (κ1) is 17.2. The molecule has 1 aliphatic carbocycles. The lowest BCUT2D eigenvalue weighted by atomic mass is 10.2. The van der Waals surface area contributed by atoms with Gasteiger partial charge in [-0.2, -0.15) is 0 Å². The van der Waals surface area contributed by atoms with Gasteiger partial charge < -0.3 is 20.1 Å². The van der Waals surface area contributed by atoms with E-state index in [4.69, 9.17) is 9.47 Å². The third-order valence-electron chi connectivity index (χ3n) is 3.49. The Morgan fingerprint density at radius 3 is 2.73 bits per heavy atom. The Kier molecular flexibility index (Phi) is 6.60. The standard InChI is InChI=1S/C16H23N3O2.HI/c1-2-17-16(19-13-5-6-13)18-11-12-4-7-14-15(10-12)21-9-3-8-20-14;/h4,7,10,13H,2-3,5-6,8-9,11H2,1H3,(H2,17,18,19);1H. The fraction of sp³-hybridized carbons (Fsp3) is 0.562. The van der Waals surface area contributed by atoms with Crippen molar-refractivity contribution in [3.05, 3.63) is 23.8 Å². The maximum absolute atomic E-state index is 5.71. The van der Waals surface area contributed by atoms with Gasteiger partial charge in [-0.15, -0.1) is 24.0 Å². The number of hydrogen-bond acceptors (Lipinski definition) is 3. The largest absolute Gasteiger partial charge is 0.490 e. The van der Waals surface area contributed by atoms with Crippen LogP contribution in [0.1, 0.15) is 31.7 Å². The predicted octanol–water partition coefficient (Wildman–Crippen LogP) is 2.68. The number of guanidine groups is 1. The Balaban J connectivity index is 0.00000176. The van der Waals surface area contributed by atoms with Crippen molar-refractivity contribution in [2.24, 2.45) is 4.99 Å². The van der Waals surface area contributed by atoms with Gasteiger partial charge in [0.25, 0.3) is 0 Å². The Bertz CT molecular complexity index is 518. The van der Waals surface area contributed by atoms with Crippen LogP contribution in [0.3, 0.4) is 0 Å². The number of aliphatic imine (C=N–C) groups is 1. The van der Waals surface area contributed by atoms with Gasteiger partial charge in [-0.3, -0.25) is 0 Å². The number of fused-ring (bicyclic) bond motifs is 1. The van der Waals surface area contributed by atoms with Crippen molar-refractivity contribution in [3.8, 4) is 11.5 Å². The molecule has 1 fully saturated rings. The monoisotopic (exact) mass is 417 g/mol. The lowest BCUT2D eigenvalue weighted by molar-refractivity contribution is 0.297. The predicted molar refractivity (Wildman–Crippen MR) is 98.4 cm³/mol. The van der Waals surface area contributed by atoms with Crippen molar-refractivity contribution < 1.29 is 9.47 Å². The molecule has 122 valence electrons. The van der Waals surface area contributed by atoms with Crippen LogP contribution in [0.2, 0.25) is 0 Å². The van der Waals surface area contributed by atoms with Crippen molar-refractivity contribution >= 4 is 29.9 Å². The van der Waals surface area contributed by atoms with Crippen LogP contribution in [0.4, 0.5) is 0 Å². The molecule has 1 aliphatic heterocycles. The first-order valence-electron chi connectivity index (χ1n) is 7.78. The molecule has 0 spiro atoms. The SMILES string of the molecule is CCNC(=NCc1ccc2c(c1)OCCCO2)NC1CC1.I. The summed E-state index contributed by atoms with van der Waals surface area (Å²) >= 11 is 0. The molecule has 0 radical (unpaired) electrons. The normalized spacial score (nSPS) is 17.2. The van der Waals surface area contributed by atoms with Crippen LogP contribution in [0, 0.1) is 0 Å². The second-order valence-corrected chi connectivity index (χ2v) is 5.45. The summed E-state index contributed by atoms with van der Waals surface area (Å²) in [5.74, 6) is 2.57. The van der Waals surface area contributed by atoms with Gasteiger partial charge in [-0.25, -0.2) is 4.99 Å². The zero-order valence-electron chi connectivity index (χ0n) is 12.9. The molecular weight excluding hydrogens is 393 g/mol. The lowest BCUT2D eigenvalue weighted by Gasteiger charge is -2.11. The fourth-order valence-electron chi connectivity index (χ4n) is 2.22. The molecule has 1 aromatic carbocycles.